The summed E-state index contributed by atoms with van der Waals surface area (Å²) in [6, 6.07) is 13.2. The Kier molecular flexibility index (Phi) is 6.83. The Balaban J connectivity index is 1.52. The second-order valence-electron chi connectivity index (χ2n) is 6.75. The fourth-order valence-corrected chi connectivity index (χ4v) is 4.68. The number of methoxy groups -OCH3 is 1. The molecule has 0 aliphatic rings. The number of anilines is 1. The summed E-state index contributed by atoms with van der Waals surface area (Å²) >= 11 is 4.98. The maximum atomic E-state index is 13.2. The Morgan fingerprint density at radius 3 is 2.84 bits per heavy atom. The number of hydrogen-bond acceptors (Lipinski definition) is 6. The zero-order chi connectivity index (χ0) is 21.6. The molecule has 0 aliphatic carbocycles. The molecule has 2 heterocycles. The molecule has 4 rings (SSSR count). The van der Waals surface area contributed by atoms with E-state index in [4.69, 9.17) is 9.47 Å². The molecule has 0 fully saturated rings. The van der Waals surface area contributed by atoms with Gasteiger partial charge in [0, 0.05) is 30.0 Å². The van der Waals surface area contributed by atoms with Crippen molar-refractivity contribution in [1.82, 2.24) is 14.5 Å². The number of para-hydroxylation sites is 2. The lowest BCUT2D eigenvalue weighted by atomic mass is 10.3. The van der Waals surface area contributed by atoms with E-state index in [1.165, 1.54) is 11.3 Å². The van der Waals surface area contributed by atoms with Gasteiger partial charge in [-0.25, -0.2) is 9.97 Å². The van der Waals surface area contributed by atoms with Gasteiger partial charge in [-0.3, -0.25) is 9.69 Å². The van der Waals surface area contributed by atoms with Gasteiger partial charge >= 0.3 is 0 Å². The van der Waals surface area contributed by atoms with Crippen molar-refractivity contribution in [2.24, 2.45) is 0 Å². The lowest BCUT2D eigenvalue weighted by Gasteiger charge is -2.20. The quantitative estimate of drug-likeness (QED) is 0.331. The molecule has 0 aliphatic heterocycles. The Hall–Kier alpha value is -2.91. The van der Waals surface area contributed by atoms with Crippen LogP contribution in [0.5, 0.6) is 11.5 Å². The Labute approximate surface area is 192 Å². The third-order valence-corrected chi connectivity index (χ3v) is 6.18. The van der Waals surface area contributed by atoms with Crippen molar-refractivity contribution in [1.29, 1.82) is 0 Å². The van der Waals surface area contributed by atoms with Crippen LogP contribution in [0.2, 0.25) is 0 Å². The maximum Gasteiger partial charge on any atom is 0.266 e. The summed E-state index contributed by atoms with van der Waals surface area (Å²) in [6.07, 6.45) is 6.18. The molecule has 9 heteroatoms. The highest BCUT2D eigenvalue weighted by molar-refractivity contribution is 9.10. The number of benzene rings is 2. The van der Waals surface area contributed by atoms with Gasteiger partial charge in [0.1, 0.15) is 0 Å². The fraction of sp³-hybridized carbons (Fsp3) is 0.227. The van der Waals surface area contributed by atoms with E-state index in [0.717, 1.165) is 27.7 Å². The monoisotopic (exact) mass is 500 g/mol. The maximum absolute atomic E-state index is 13.2. The lowest BCUT2D eigenvalue weighted by Crippen LogP contribution is -2.36. The van der Waals surface area contributed by atoms with Gasteiger partial charge in [0.15, 0.2) is 23.2 Å². The standard InChI is InChI=1S/C22H21BrN4O3S/c1-29-18-5-2-3-6-19(18)30-14-21(28)27(11-4-10-26-12-9-24-15-26)22-25-17-8-7-16(23)13-20(17)31-22/h2-3,5-9,12-13,15H,4,10-11,14H2,1H3. The minimum Gasteiger partial charge on any atom is -0.493 e. The van der Waals surface area contributed by atoms with E-state index in [2.05, 4.69) is 25.9 Å². The number of nitrogens with zero attached hydrogens (tertiary/aromatic N) is 4. The number of rotatable bonds is 9. The minimum absolute atomic E-state index is 0.106. The second kappa shape index (κ2) is 9.93. The molecule has 2 aromatic heterocycles. The molecule has 0 unspecified atom stereocenters. The van der Waals surface area contributed by atoms with Gasteiger partial charge in [-0.05, 0) is 36.8 Å². The van der Waals surface area contributed by atoms with Crippen molar-refractivity contribution in [3.8, 4) is 11.5 Å². The molecule has 0 radical (unpaired) electrons. The predicted octanol–water partition coefficient (Wildman–Crippen LogP) is 4.77. The number of thiazole rings is 1. The van der Waals surface area contributed by atoms with Crippen LogP contribution in [0.3, 0.4) is 0 Å². The van der Waals surface area contributed by atoms with E-state index in [1.807, 2.05) is 41.1 Å². The second-order valence-corrected chi connectivity index (χ2v) is 8.67. The van der Waals surface area contributed by atoms with Crippen molar-refractivity contribution in [2.45, 2.75) is 13.0 Å². The number of fused-ring (bicyclic) bond motifs is 1. The molecule has 2 aromatic carbocycles. The highest BCUT2D eigenvalue weighted by atomic mass is 79.9. The molecule has 7 nitrogen and oxygen atoms in total. The summed E-state index contributed by atoms with van der Waals surface area (Å²) in [5, 5.41) is 0.660. The van der Waals surface area contributed by atoms with E-state index in [9.17, 15) is 4.79 Å². The summed E-state index contributed by atoms with van der Waals surface area (Å²) in [6.45, 7) is 1.17. The Morgan fingerprint density at radius 2 is 2.06 bits per heavy atom. The third kappa shape index (κ3) is 5.23. The van der Waals surface area contributed by atoms with Gasteiger partial charge in [-0.2, -0.15) is 0 Å². The highest BCUT2D eigenvalue weighted by Crippen LogP contribution is 2.31. The molecular weight excluding hydrogens is 480 g/mol. The van der Waals surface area contributed by atoms with Gasteiger partial charge in [-0.15, -0.1) is 0 Å². The fourth-order valence-electron chi connectivity index (χ4n) is 3.11. The molecule has 0 saturated carbocycles. The number of aromatic nitrogens is 3. The van der Waals surface area contributed by atoms with Crippen LogP contribution >= 0.6 is 27.3 Å². The number of carbonyl (C=O) groups excluding carboxylic acids is 1. The first kappa shape index (κ1) is 21.3. The van der Waals surface area contributed by atoms with Gasteiger partial charge in [0.2, 0.25) is 0 Å². The van der Waals surface area contributed by atoms with Gasteiger partial charge < -0.3 is 14.0 Å². The van der Waals surface area contributed by atoms with Crippen LogP contribution in [-0.4, -0.2) is 40.7 Å². The lowest BCUT2D eigenvalue weighted by molar-refractivity contribution is -0.120. The molecule has 0 N–H and O–H groups in total. The number of aryl methyl sites for hydroxylation is 1. The highest BCUT2D eigenvalue weighted by Gasteiger charge is 2.21. The SMILES string of the molecule is COc1ccccc1OCC(=O)N(CCCn1ccnc1)c1nc2ccc(Br)cc2s1. The molecule has 0 atom stereocenters. The normalized spacial score (nSPS) is 10.9. The van der Waals surface area contributed by atoms with E-state index >= 15 is 0 Å². The first-order valence-electron chi connectivity index (χ1n) is 9.72. The van der Waals surface area contributed by atoms with Crippen LogP contribution in [0, 0.1) is 0 Å². The van der Waals surface area contributed by atoms with Crippen molar-refractivity contribution < 1.29 is 14.3 Å². The molecule has 0 bridgehead atoms. The van der Waals surface area contributed by atoms with Crippen LogP contribution in [0.4, 0.5) is 5.13 Å². The van der Waals surface area contributed by atoms with Crippen molar-refractivity contribution in [3.05, 3.63) is 65.7 Å². The number of imidazole rings is 1. The van der Waals surface area contributed by atoms with Crippen molar-refractivity contribution in [2.75, 3.05) is 25.2 Å². The van der Waals surface area contributed by atoms with Gasteiger partial charge in [0.05, 0.1) is 23.7 Å². The van der Waals surface area contributed by atoms with Crippen LogP contribution in [0.25, 0.3) is 10.2 Å². The smallest absolute Gasteiger partial charge is 0.266 e. The Morgan fingerprint density at radius 1 is 1.23 bits per heavy atom. The average Bonchev–Trinajstić information content (AvgIpc) is 3.44. The number of carbonyl (C=O) groups is 1. The van der Waals surface area contributed by atoms with Crippen LogP contribution in [-0.2, 0) is 11.3 Å². The number of halogens is 1. The third-order valence-electron chi connectivity index (χ3n) is 4.65. The largest absolute Gasteiger partial charge is 0.493 e. The Bertz CT molecular complexity index is 1160. The zero-order valence-corrected chi connectivity index (χ0v) is 19.3. The zero-order valence-electron chi connectivity index (χ0n) is 16.9. The topological polar surface area (TPSA) is 69.5 Å². The average molecular weight is 501 g/mol. The van der Waals surface area contributed by atoms with Gasteiger partial charge in [0.25, 0.3) is 5.91 Å². The summed E-state index contributed by atoms with van der Waals surface area (Å²) in [5.74, 6) is 0.964. The molecular formula is C22H21BrN4O3S. The molecule has 31 heavy (non-hydrogen) atoms. The van der Waals surface area contributed by atoms with E-state index in [1.54, 1.807) is 36.7 Å². The number of hydrogen-bond donors (Lipinski definition) is 0. The van der Waals surface area contributed by atoms with Crippen molar-refractivity contribution >= 4 is 48.5 Å². The molecule has 0 saturated heterocycles. The van der Waals surface area contributed by atoms with Crippen LogP contribution < -0.4 is 14.4 Å². The summed E-state index contributed by atoms with van der Waals surface area (Å²) < 4.78 is 15.1. The van der Waals surface area contributed by atoms with E-state index < -0.39 is 0 Å². The first-order chi connectivity index (χ1) is 15.1. The molecule has 1 amide bonds. The molecule has 4 aromatic rings. The molecule has 0 spiro atoms. The van der Waals surface area contributed by atoms with E-state index in [0.29, 0.717) is 23.2 Å². The van der Waals surface area contributed by atoms with Gasteiger partial charge in [-0.1, -0.05) is 39.4 Å². The predicted molar refractivity (Wildman–Crippen MR) is 125 cm³/mol. The molecule has 160 valence electrons. The van der Waals surface area contributed by atoms with E-state index in [-0.39, 0.29) is 12.5 Å². The number of amides is 1. The van der Waals surface area contributed by atoms with Crippen LogP contribution in [0.15, 0.2) is 65.7 Å². The van der Waals surface area contributed by atoms with Crippen LogP contribution in [0.1, 0.15) is 6.42 Å². The summed E-state index contributed by atoms with van der Waals surface area (Å²) in [4.78, 5) is 23.6. The minimum atomic E-state index is -0.158. The number of ether oxygens (including phenoxy) is 2. The summed E-state index contributed by atoms with van der Waals surface area (Å²) in [5.41, 5.74) is 0.862. The summed E-state index contributed by atoms with van der Waals surface area (Å²) in [7, 11) is 1.58. The van der Waals surface area contributed by atoms with Crippen molar-refractivity contribution in [3.63, 3.8) is 0 Å². The first-order valence-corrected chi connectivity index (χ1v) is 11.3.